The summed E-state index contributed by atoms with van der Waals surface area (Å²) in [5, 5.41) is 110. The minimum atomic E-state index is -1.97. The van der Waals surface area contributed by atoms with Crippen molar-refractivity contribution in [3.05, 3.63) is 59.7 Å². The lowest BCUT2D eigenvalue weighted by Gasteiger charge is -2.30. The Morgan fingerprint density at radius 2 is 0.698 bits per heavy atom. The number of aliphatic hydroxyl groups excluding tert-OH is 6. The SMILES string of the molecule is CC[C@H](C)[C@@H]1NC(=O)CNC(=O)[C@H](C)NC(=O)[C@H](CO)NC(=O)[C@H](CO)NC(=O)[C@H]([C@@H](C)O)NC(=O)[C@H](Cc2ccc(O)cc2)NC(=O)[C@H](CO)NC(=O)[C@H](C(C)C)NC(=O)[C@H](Cc2ccc(O)cc2)NC(=O)[C@H]([C@@H](C)O)NC(=O)[C@H](CO)NC1=O. The number of nitrogens with one attached hydrogen (secondary N) is 12. The molecule has 0 radical (unpaired) electrons. The molecule has 476 valence electrons. The van der Waals surface area contributed by atoms with Gasteiger partial charge in [0, 0.05) is 12.8 Å². The zero-order chi connectivity index (χ0) is 64.7. The normalized spacial score (nSPS) is 26.9. The molecule has 1 fully saturated rings. The summed E-state index contributed by atoms with van der Waals surface area (Å²) >= 11 is 0. The Hall–Kier alpha value is -8.56. The highest BCUT2D eigenvalue weighted by molar-refractivity contribution is 6.00. The van der Waals surface area contributed by atoms with Crippen molar-refractivity contribution in [2.45, 2.75) is 146 Å². The van der Waals surface area contributed by atoms with Gasteiger partial charge in [-0.15, -0.1) is 0 Å². The van der Waals surface area contributed by atoms with Crippen molar-refractivity contribution >= 4 is 70.9 Å². The van der Waals surface area contributed by atoms with Gasteiger partial charge in [-0.05, 0) is 68.0 Å². The van der Waals surface area contributed by atoms with E-state index in [1.54, 1.807) is 13.8 Å². The van der Waals surface area contributed by atoms with E-state index in [1.165, 1.54) is 62.4 Å². The molecule has 86 heavy (non-hydrogen) atoms. The molecule has 1 aliphatic rings. The Bertz CT molecular complexity index is 2700. The Kier molecular flexibility index (Phi) is 28.7. The summed E-state index contributed by atoms with van der Waals surface area (Å²) in [7, 11) is 0. The van der Waals surface area contributed by atoms with Crippen LogP contribution in [0.5, 0.6) is 11.5 Å². The number of carbonyl (C=O) groups is 12. The fourth-order valence-electron chi connectivity index (χ4n) is 8.25. The van der Waals surface area contributed by atoms with Crippen molar-refractivity contribution in [3.8, 4) is 11.5 Å². The molecule has 1 heterocycles. The van der Waals surface area contributed by atoms with E-state index in [0.29, 0.717) is 5.56 Å². The average molecular weight is 1220 g/mol. The number of aliphatic hydroxyl groups is 6. The van der Waals surface area contributed by atoms with Crippen LogP contribution >= 0.6 is 0 Å². The molecule has 20 N–H and O–H groups in total. The van der Waals surface area contributed by atoms with Crippen LogP contribution in [0.2, 0.25) is 0 Å². The van der Waals surface area contributed by atoms with Crippen LogP contribution in [0.3, 0.4) is 0 Å². The molecule has 2 aromatic rings. The van der Waals surface area contributed by atoms with E-state index in [9.17, 15) is 98.4 Å². The molecule has 14 atom stereocenters. The Labute approximate surface area is 494 Å². The van der Waals surface area contributed by atoms with Crippen LogP contribution in [-0.2, 0) is 70.4 Å². The standard InChI is InChI=1S/C54H80N12O20/c1-8-25(4)41-52(84)61-38(23-70)50(82)66-42(27(6)71)53(85)58-34(18-30-11-15-32(74)16-12-30)45(77)64-40(24(2)3)51(83)60-36(21-68)48(80)57-33(17-29-9-13-31(73)14-10-29)46(78)65-43(28(7)72)54(86)62-37(22-69)49(81)59-35(20-67)47(79)56-26(5)44(76)55-19-39(75)63-41/h9-16,24-28,33-38,40-43,67-74H,8,17-23H2,1-7H3,(H,55,76)(H,56,79)(H,57,80)(H,58,85)(H,59,81)(H,60,83)(H,61,84)(H,62,86)(H,63,75)(H,64,77)(H,65,78)(H,66,82)/t25-,26-,27+,28+,33-,34-,35-,36-,37-,38-,40-,41-,42-,43-/m0/s1. The highest BCUT2D eigenvalue weighted by Crippen LogP contribution is 2.15. The second-order valence-electron chi connectivity index (χ2n) is 20.9. The average Bonchev–Trinajstić information content (AvgIpc) is 2.84. The van der Waals surface area contributed by atoms with Crippen molar-refractivity contribution in [3.63, 3.8) is 0 Å². The molecule has 1 saturated heterocycles. The molecule has 3 rings (SSSR count). The number of carbonyl (C=O) groups excluding carboxylic acids is 12. The number of benzene rings is 2. The molecule has 32 nitrogen and oxygen atoms in total. The maximum atomic E-state index is 14.3. The third-order valence-electron chi connectivity index (χ3n) is 13.6. The van der Waals surface area contributed by atoms with Gasteiger partial charge in [-0.1, -0.05) is 58.4 Å². The van der Waals surface area contributed by atoms with Gasteiger partial charge in [0.1, 0.15) is 78.0 Å². The van der Waals surface area contributed by atoms with Crippen molar-refractivity contribution in [2.75, 3.05) is 33.0 Å². The summed E-state index contributed by atoms with van der Waals surface area (Å²) in [6.07, 6.45) is -4.07. The first kappa shape index (κ1) is 71.7. The maximum Gasteiger partial charge on any atom is 0.245 e. The highest BCUT2D eigenvalue weighted by atomic mass is 16.3. The van der Waals surface area contributed by atoms with Gasteiger partial charge in [0.25, 0.3) is 0 Å². The monoisotopic (exact) mass is 1220 g/mol. The minimum absolute atomic E-state index is 0.170. The summed E-state index contributed by atoms with van der Waals surface area (Å²) in [4.78, 5) is 165. The van der Waals surface area contributed by atoms with Gasteiger partial charge in [0.05, 0.1) is 45.2 Å². The summed E-state index contributed by atoms with van der Waals surface area (Å²) < 4.78 is 0. The highest BCUT2D eigenvalue weighted by Gasteiger charge is 2.39. The number of phenolic OH excluding ortho intramolecular Hbond substituents is 2. The molecule has 0 bridgehead atoms. The first-order chi connectivity index (χ1) is 40.5. The number of phenols is 2. The van der Waals surface area contributed by atoms with Gasteiger partial charge >= 0.3 is 0 Å². The first-order valence-electron chi connectivity index (χ1n) is 27.4. The Morgan fingerprint density at radius 1 is 0.395 bits per heavy atom. The fourth-order valence-corrected chi connectivity index (χ4v) is 8.25. The van der Waals surface area contributed by atoms with E-state index in [0.717, 1.165) is 20.8 Å². The zero-order valence-electron chi connectivity index (χ0n) is 48.4. The van der Waals surface area contributed by atoms with Crippen LogP contribution in [0.25, 0.3) is 0 Å². The van der Waals surface area contributed by atoms with Crippen LogP contribution in [0.1, 0.15) is 66.0 Å². The number of aromatic hydroxyl groups is 2. The van der Waals surface area contributed by atoms with Crippen LogP contribution in [0.15, 0.2) is 48.5 Å². The summed E-state index contributed by atoms with van der Waals surface area (Å²) in [5.74, 6) is -15.7. The summed E-state index contributed by atoms with van der Waals surface area (Å²) in [5.41, 5.74) is 0.606. The van der Waals surface area contributed by atoms with Crippen LogP contribution in [0, 0.1) is 11.8 Å². The molecule has 0 unspecified atom stereocenters. The van der Waals surface area contributed by atoms with Crippen LogP contribution in [-0.4, -0.2) is 223 Å². The molecule has 12 amide bonds. The molecule has 0 aliphatic carbocycles. The predicted octanol–water partition coefficient (Wildman–Crippen LogP) is -8.20. The topological polar surface area (TPSA) is 511 Å². The lowest BCUT2D eigenvalue weighted by molar-refractivity contribution is -0.138. The lowest BCUT2D eigenvalue weighted by atomic mass is 9.97. The molecule has 0 spiro atoms. The first-order valence-corrected chi connectivity index (χ1v) is 27.4. The van der Waals surface area contributed by atoms with Crippen LogP contribution < -0.4 is 63.8 Å². The predicted molar refractivity (Wildman–Crippen MR) is 300 cm³/mol. The molecular weight excluding hydrogens is 1140 g/mol. The lowest BCUT2D eigenvalue weighted by Crippen LogP contribution is -2.64. The second-order valence-corrected chi connectivity index (χ2v) is 20.9. The van der Waals surface area contributed by atoms with Gasteiger partial charge < -0.3 is 105 Å². The Morgan fingerprint density at radius 3 is 1.06 bits per heavy atom. The third-order valence-corrected chi connectivity index (χ3v) is 13.6. The van der Waals surface area contributed by atoms with E-state index in [4.69, 9.17) is 0 Å². The number of rotatable bonds is 13. The van der Waals surface area contributed by atoms with E-state index in [-0.39, 0.29) is 29.9 Å². The molecule has 1 aliphatic heterocycles. The van der Waals surface area contributed by atoms with E-state index < -0.39 is 201 Å². The fraction of sp³-hybridized carbons (Fsp3) is 0.556. The van der Waals surface area contributed by atoms with Gasteiger partial charge in [0.2, 0.25) is 70.9 Å². The van der Waals surface area contributed by atoms with Gasteiger partial charge in [-0.25, -0.2) is 0 Å². The van der Waals surface area contributed by atoms with Crippen molar-refractivity contribution < 1.29 is 98.4 Å². The summed E-state index contributed by atoms with van der Waals surface area (Å²) in [6.45, 7) is 4.11. The van der Waals surface area contributed by atoms with Gasteiger partial charge in [-0.2, -0.15) is 0 Å². The second kappa shape index (κ2) is 34.4. The van der Waals surface area contributed by atoms with Crippen molar-refractivity contribution in [1.82, 2.24) is 63.8 Å². The van der Waals surface area contributed by atoms with Crippen molar-refractivity contribution in [2.24, 2.45) is 11.8 Å². The molecule has 0 saturated carbocycles. The molecule has 2 aromatic carbocycles. The molecule has 32 heteroatoms. The largest absolute Gasteiger partial charge is 0.508 e. The van der Waals surface area contributed by atoms with Gasteiger partial charge in [-0.3, -0.25) is 57.5 Å². The van der Waals surface area contributed by atoms with E-state index >= 15 is 0 Å². The van der Waals surface area contributed by atoms with Crippen molar-refractivity contribution in [1.29, 1.82) is 0 Å². The number of hydrogen-bond donors (Lipinski definition) is 20. The van der Waals surface area contributed by atoms with Gasteiger partial charge in [0.15, 0.2) is 0 Å². The Balaban J connectivity index is 2.13. The zero-order valence-corrected chi connectivity index (χ0v) is 48.4. The van der Waals surface area contributed by atoms with Crippen LogP contribution in [0.4, 0.5) is 0 Å². The third kappa shape index (κ3) is 21.8. The summed E-state index contributed by atoms with van der Waals surface area (Å²) in [6, 6.07) is -8.81. The molecule has 0 aromatic heterocycles. The minimum Gasteiger partial charge on any atom is -0.508 e. The smallest absolute Gasteiger partial charge is 0.245 e. The maximum absolute atomic E-state index is 14.3. The molecular formula is C54H80N12O20. The quantitative estimate of drug-likeness (QED) is 0.0886. The van der Waals surface area contributed by atoms with E-state index in [2.05, 4.69) is 63.8 Å². The number of amides is 12. The van der Waals surface area contributed by atoms with E-state index in [1.807, 2.05) is 0 Å². The number of hydrogen-bond acceptors (Lipinski definition) is 20.